The molecule has 0 fully saturated rings. The quantitative estimate of drug-likeness (QED) is 0.423. The summed E-state index contributed by atoms with van der Waals surface area (Å²) >= 11 is 0. The molecule has 0 bridgehead atoms. The van der Waals surface area contributed by atoms with Gasteiger partial charge in [-0.1, -0.05) is 0 Å². The maximum atomic E-state index is 12.1. The van der Waals surface area contributed by atoms with Crippen LogP contribution in [0, 0.1) is 0 Å². The molecule has 2 heteroatoms. The molecule has 0 saturated carbocycles. The van der Waals surface area contributed by atoms with E-state index in [4.69, 9.17) is 0 Å². The lowest BCUT2D eigenvalue weighted by Gasteiger charge is -2.05. The van der Waals surface area contributed by atoms with Gasteiger partial charge in [0.1, 0.15) is 12.3 Å². The van der Waals surface area contributed by atoms with E-state index in [0.717, 1.165) is 0 Å². The van der Waals surface area contributed by atoms with Crippen LogP contribution >= 0.6 is 0 Å². The Kier molecular flexibility index (Phi) is 1.45. The number of hydrogen-bond donors (Lipinski definition) is 0. The first-order valence-electron chi connectivity index (χ1n) is 2.50. The molecule has 0 amide bonds. The molecular formula is C6H6F2. The van der Waals surface area contributed by atoms with Crippen molar-refractivity contribution >= 4 is 0 Å². The summed E-state index contributed by atoms with van der Waals surface area (Å²) in [7, 11) is 0. The zero-order chi connectivity index (χ0) is 5.98. The second-order valence-electron chi connectivity index (χ2n) is 1.77. The van der Waals surface area contributed by atoms with Crippen LogP contribution in [0.2, 0.25) is 0 Å². The topological polar surface area (TPSA) is 0 Å². The number of alkyl halides is 2. The minimum Gasteiger partial charge on any atom is -0.242 e. The van der Waals surface area contributed by atoms with Crippen LogP contribution in [0.5, 0.6) is 0 Å². The summed E-state index contributed by atoms with van der Waals surface area (Å²) in [6, 6.07) is 0. The minimum absolute atomic E-state index is 0.0347. The molecule has 8 heavy (non-hydrogen) atoms. The van der Waals surface area contributed by atoms with Gasteiger partial charge in [-0.3, -0.25) is 0 Å². The summed E-state index contributed by atoms with van der Waals surface area (Å²) in [5.74, 6) is 0. The van der Waals surface area contributed by atoms with Crippen LogP contribution in [0.4, 0.5) is 8.78 Å². The van der Waals surface area contributed by atoms with Crippen LogP contribution in [0.15, 0.2) is 17.9 Å². The number of hydrogen-bond acceptors (Lipinski definition) is 0. The molecule has 0 aromatic carbocycles. The molecule has 0 saturated heterocycles. The third kappa shape index (κ3) is 1.17. The molecule has 0 spiro atoms. The SMILES string of the molecule is FC1C=C=CC(F)C1. The fourth-order valence-electron chi connectivity index (χ4n) is 0.616. The number of halogens is 2. The first-order valence-corrected chi connectivity index (χ1v) is 2.50. The van der Waals surface area contributed by atoms with Gasteiger partial charge in [-0.2, -0.15) is 0 Å². The molecule has 1 rings (SSSR count). The highest BCUT2D eigenvalue weighted by Gasteiger charge is 2.11. The Balaban J connectivity index is 2.62. The van der Waals surface area contributed by atoms with Gasteiger partial charge in [0.15, 0.2) is 0 Å². The van der Waals surface area contributed by atoms with Crippen LogP contribution in [-0.4, -0.2) is 12.3 Å². The molecule has 0 N–H and O–H groups in total. The van der Waals surface area contributed by atoms with E-state index in [1.54, 1.807) is 0 Å². The Bertz CT molecular complexity index is 121. The molecular weight excluding hydrogens is 110 g/mol. The molecule has 0 nitrogen and oxygen atoms in total. The molecule has 0 aromatic heterocycles. The monoisotopic (exact) mass is 116 g/mol. The molecule has 0 aromatic rings. The third-order valence-corrected chi connectivity index (χ3v) is 1.00. The van der Waals surface area contributed by atoms with Gasteiger partial charge in [0, 0.05) is 6.42 Å². The highest BCUT2D eigenvalue weighted by atomic mass is 19.1. The lowest BCUT2D eigenvalue weighted by molar-refractivity contribution is 0.282. The van der Waals surface area contributed by atoms with Gasteiger partial charge in [-0.25, -0.2) is 8.78 Å². The van der Waals surface area contributed by atoms with Crippen molar-refractivity contribution in [1.29, 1.82) is 0 Å². The van der Waals surface area contributed by atoms with E-state index in [0.29, 0.717) is 0 Å². The van der Waals surface area contributed by atoms with Gasteiger partial charge >= 0.3 is 0 Å². The lowest BCUT2D eigenvalue weighted by atomic mass is 10.1. The Hall–Kier alpha value is -0.620. The second kappa shape index (κ2) is 2.10. The second-order valence-corrected chi connectivity index (χ2v) is 1.77. The van der Waals surface area contributed by atoms with E-state index < -0.39 is 12.3 Å². The van der Waals surface area contributed by atoms with E-state index in [1.165, 1.54) is 12.2 Å². The molecule has 2 atom stereocenters. The van der Waals surface area contributed by atoms with E-state index in [-0.39, 0.29) is 6.42 Å². The highest BCUT2D eigenvalue weighted by molar-refractivity contribution is 5.01. The van der Waals surface area contributed by atoms with E-state index in [1.807, 2.05) is 0 Å². The van der Waals surface area contributed by atoms with Crippen molar-refractivity contribution in [2.24, 2.45) is 0 Å². The van der Waals surface area contributed by atoms with Gasteiger partial charge in [-0.15, -0.1) is 5.73 Å². The standard InChI is InChI=1S/C6H6F2/c7-5-2-1-3-6(8)4-5/h2-3,5-6H,4H2. The fourth-order valence-corrected chi connectivity index (χ4v) is 0.616. The lowest BCUT2D eigenvalue weighted by Crippen LogP contribution is -2.07. The van der Waals surface area contributed by atoms with E-state index in [2.05, 4.69) is 5.73 Å². The first-order chi connectivity index (χ1) is 3.79. The fraction of sp³-hybridized carbons (Fsp3) is 0.500. The third-order valence-electron chi connectivity index (χ3n) is 1.00. The molecule has 0 aliphatic heterocycles. The van der Waals surface area contributed by atoms with Crippen molar-refractivity contribution in [2.45, 2.75) is 18.8 Å². The molecule has 0 radical (unpaired) electrons. The summed E-state index contributed by atoms with van der Waals surface area (Å²) in [6.45, 7) is 0. The number of rotatable bonds is 0. The average molecular weight is 116 g/mol. The predicted octanol–water partition coefficient (Wildman–Crippen LogP) is 1.78. The first kappa shape index (κ1) is 5.52. The van der Waals surface area contributed by atoms with Gasteiger partial charge < -0.3 is 0 Å². The van der Waals surface area contributed by atoms with Crippen LogP contribution in [-0.2, 0) is 0 Å². The van der Waals surface area contributed by atoms with Gasteiger partial charge in [-0.05, 0) is 12.2 Å². The van der Waals surface area contributed by atoms with Crippen LogP contribution < -0.4 is 0 Å². The van der Waals surface area contributed by atoms with Crippen molar-refractivity contribution < 1.29 is 8.78 Å². The normalized spacial score (nSPS) is 35.8. The molecule has 0 heterocycles. The summed E-state index contributed by atoms with van der Waals surface area (Å²) in [6.07, 6.45) is 0.170. The van der Waals surface area contributed by atoms with Crippen LogP contribution in [0.25, 0.3) is 0 Å². The maximum absolute atomic E-state index is 12.1. The van der Waals surface area contributed by atoms with Gasteiger partial charge in [0.25, 0.3) is 0 Å². The predicted molar refractivity (Wildman–Crippen MR) is 27.1 cm³/mol. The van der Waals surface area contributed by atoms with E-state index >= 15 is 0 Å². The summed E-state index contributed by atoms with van der Waals surface area (Å²) in [5, 5.41) is 0. The Morgan fingerprint density at radius 3 is 2.00 bits per heavy atom. The Morgan fingerprint density at radius 2 is 1.75 bits per heavy atom. The largest absolute Gasteiger partial charge is 0.242 e. The van der Waals surface area contributed by atoms with Crippen molar-refractivity contribution in [3.05, 3.63) is 17.9 Å². The summed E-state index contributed by atoms with van der Waals surface area (Å²) < 4.78 is 24.1. The zero-order valence-electron chi connectivity index (χ0n) is 4.27. The highest BCUT2D eigenvalue weighted by Crippen LogP contribution is 2.11. The number of allylic oxidation sites excluding steroid dienone is 1. The molecule has 44 valence electrons. The molecule has 1 aliphatic rings. The van der Waals surface area contributed by atoms with Crippen LogP contribution in [0.1, 0.15) is 6.42 Å². The van der Waals surface area contributed by atoms with Crippen molar-refractivity contribution in [3.63, 3.8) is 0 Å². The van der Waals surface area contributed by atoms with E-state index in [9.17, 15) is 8.78 Å². The Morgan fingerprint density at radius 1 is 1.25 bits per heavy atom. The average Bonchev–Trinajstić information content (AvgIpc) is 1.64. The van der Waals surface area contributed by atoms with Gasteiger partial charge in [0.05, 0.1) is 0 Å². The summed E-state index contributed by atoms with van der Waals surface area (Å²) in [4.78, 5) is 0. The molecule has 2 unspecified atom stereocenters. The van der Waals surface area contributed by atoms with Gasteiger partial charge in [0.2, 0.25) is 0 Å². The maximum Gasteiger partial charge on any atom is 0.129 e. The minimum atomic E-state index is -1.13. The Labute approximate surface area is 46.5 Å². The van der Waals surface area contributed by atoms with Crippen LogP contribution in [0.3, 0.4) is 0 Å². The van der Waals surface area contributed by atoms with Crippen molar-refractivity contribution in [1.82, 2.24) is 0 Å². The zero-order valence-corrected chi connectivity index (χ0v) is 4.27. The summed E-state index contributed by atoms with van der Waals surface area (Å²) in [5.41, 5.74) is 2.38. The van der Waals surface area contributed by atoms with Crippen molar-refractivity contribution in [2.75, 3.05) is 0 Å². The smallest absolute Gasteiger partial charge is 0.129 e. The molecule has 1 aliphatic carbocycles. The van der Waals surface area contributed by atoms with Crippen molar-refractivity contribution in [3.8, 4) is 0 Å².